The van der Waals surface area contributed by atoms with Crippen LogP contribution < -0.4 is 5.73 Å². The second kappa shape index (κ2) is 5.82. The summed E-state index contributed by atoms with van der Waals surface area (Å²) in [6.45, 7) is 0. The largest absolute Gasteiger partial charge is 0.508 e. The van der Waals surface area contributed by atoms with Gasteiger partial charge in [0.1, 0.15) is 11.5 Å². The number of hydrogen-bond acceptors (Lipinski definition) is 3. The number of para-hydroxylation sites is 1. The van der Waals surface area contributed by atoms with Crippen LogP contribution in [0.15, 0.2) is 72.8 Å². The summed E-state index contributed by atoms with van der Waals surface area (Å²) in [4.78, 5) is 0. The molecule has 3 rings (SSSR count). The number of nitrogen functional groups attached to an aromatic ring is 1. The third-order valence-corrected chi connectivity index (χ3v) is 3.79. The lowest BCUT2D eigenvalue weighted by molar-refractivity contribution is 0.459. The Kier molecular flexibility index (Phi) is 3.71. The van der Waals surface area contributed by atoms with Crippen molar-refractivity contribution in [2.45, 2.75) is 5.92 Å². The first-order valence-electron chi connectivity index (χ1n) is 7.08. The highest BCUT2D eigenvalue weighted by Crippen LogP contribution is 2.42. The van der Waals surface area contributed by atoms with Crippen LogP contribution in [0.1, 0.15) is 22.6 Å². The molecule has 0 aliphatic carbocycles. The lowest BCUT2D eigenvalue weighted by atomic mass is 9.83. The molecule has 0 aliphatic rings. The molecule has 0 saturated carbocycles. The highest BCUT2D eigenvalue weighted by molar-refractivity contribution is 5.62. The molecule has 3 aromatic rings. The second-order valence-electron chi connectivity index (χ2n) is 5.18. The van der Waals surface area contributed by atoms with E-state index in [4.69, 9.17) is 5.73 Å². The normalized spacial score (nSPS) is 12.0. The number of phenols is 2. The van der Waals surface area contributed by atoms with Crippen LogP contribution in [0.3, 0.4) is 0 Å². The molecule has 110 valence electrons. The number of phenolic OH excluding ortho intramolecular Hbond substituents is 2. The Morgan fingerprint density at radius 2 is 1.32 bits per heavy atom. The van der Waals surface area contributed by atoms with Gasteiger partial charge in [-0.2, -0.15) is 0 Å². The van der Waals surface area contributed by atoms with Crippen molar-refractivity contribution in [3.63, 3.8) is 0 Å². The first-order valence-corrected chi connectivity index (χ1v) is 7.08. The van der Waals surface area contributed by atoms with Crippen LogP contribution in [0.5, 0.6) is 11.5 Å². The van der Waals surface area contributed by atoms with Crippen molar-refractivity contribution in [3.05, 3.63) is 89.5 Å². The summed E-state index contributed by atoms with van der Waals surface area (Å²) in [5, 5.41) is 20.6. The van der Waals surface area contributed by atoms with E-state index >= 15 is 0 Å². The van der Waals surface area contributed by atoms with E-state index in [0.29, 0.717) is 16.8 Å². The van der Waals surface area contributed by atoms with Crippen molar-refractivity contribution in [1.29, 1.82) is 0 Å². The molecule has 0 aromatic heterocycles. The van der Waals surface area contributed by atoms with Crippen LogP contribution in [-0.4, -0.2) is 10.2 Å². The van der Waals surface area contributed by atoms with Gasteiger partial charge in [0.25, 0.3) is 0 Å². The van der Waals surface area contributed by atoms with Crippen LogP contribution >= 0.6 is 0 Å². The molecule has 0 radical (unpaired) electrons. The maximum atomic E-state index is 10.3. The van der Waals surface area contributed by atoms with E-state index in [1.807, 2.05) is 42.5 Å². The Labute approximate surface area is 129 Å². The standard InChI is InChI=1S/C19H17NO2/c20-15-10-6-12-17(22)19(15)18(13-7-2-1-3-8-13)14-9-4-5-11-16(14)21/h1-12,18,21-22H,20H2. The third kappa shape index (κ3) is 2.49. The van der Waals surface area contributed by atoms with E-state index in [-0.39, 0.29) is 17.4 Å². The number of aromatic hydroxyl groups is 2. The molecule has 3 aromatic carbocycles. The predicted octanol–water partition coefficient (Wildman–Crippen LogP) is 3.86. The molecule has 4 N–H and O–H groups in total. The van der Waals surface area contributed by atoms with Gasteiger partial charge < -0.3 is 15.9 Å². The number of rotatable bonds is 3. The van der Waals surface area contributed by atoms with Gasteiger partial charge in [-0.05, 0) is 23.8 Å². The SMILES string of the molecule is Nc1cccc(O)c1C(c1ccccc1)c1ccccc1O. The molecule has 0 bridgehead atoms. The zero-order valence-electron chi connectivity index (χ0n) is 12.0. The van der Waals surface area contributed by atoms with Crippen LogP contribution in [0.2, 0.25) is 0 Å². The average Bonchev–Trinajstić information content (AvgIpc) is 2.53. The molecule has 0 fully saturated rings. The monoisotopic (exact) mass is 291 g/mol. The Morgan fingerprint density at radius 3 is 2.00 bits per heavy atom. The zero-order valence-corrected chi connectivity index (χ0v) is 12.0. The molecule has 3 heteroatoms. The summed E-state index contributed by atoms with van der Waals surface area (Å²) in [5.41, 5.74) is 8.88. The second-order valence-corrected chi connectivity index (χ2v) is 5.18. The van der Waals surface area contributed by atoms with Gasteiger partial charge >= 0.3 is 0 Å². The number of nitrogens with two attached hydrogens (primary N) is 1. The Balaban J connectivity index is 2.27. The average molecular weight is 291 g/mol. The van der Waals surface area contributed by atoms with Gasteiger partial charge in [-0.15, -0.1) is 0 Å². The van der Waals surface area contributed by atoms with Gasteiger partial charge in [0.15, 0.2) is 0 Å². The summed E-state index contributed by atoms with van der Waals surface area (Å²) in [6, 6.07) is 21.9. The van der Waals surface area contributed by atoms with E-state index in [2.05, 4.69) is 0 Å². The highest BCUT2D eigenvalue weighted by atomic mass is 16.3. The summed E-state index contributed by atoms with van der Waals surface area (Å²) in [7, 11) is 0. The van der Waals surface area contributed by atoms with Crippen molar-refractivity contribution in [2.24, 2.45) is 0 Å². The molecular formula is C19H17NO2. The quantitative estimate of drug-likeness (QED) is 0.507. The van der Waals surface area contributed by atoms with Crippen molar-refractivity contribution >= 4 is 5.69 Å². The lowest BCUT2D eigenvalue weighted by Crippen LogP contribution is -2.07. The third-order valence-electron chi connectivity index (χ3n) is 3.79. The number of anilines is 1. The summed E-state index contributed by atoms with van der Waals surface area (Å²) >= 11 is 0. The zero-order chi connectivity index (χ0) is 15.5. The molecule has 3 nitrogen and oxygen atoms in total. The Hall–Kier alpha value is -2.94. The number of benzene rings is 3. The maximum absolute atomic E-state index is 10.3. The lowest BCUT2D eigenvalue weighted by Gasteiger charge is -2.22. The predicted molar refractivity (Wildman–Crippen MR) is 88.0 cm³/mol. The van der Waals surface area contributed by atoms with Gasteiger partial charge in [-0.3, -0.25) is 0 Å². The summed E-state index contributed by atoms with van der Waals surface area (Å²) in [6.07, 6.45) is 0. The van der Waals surface area contributed by atoms with Crippen LogP contribution in [-0.2, 0) is 0 Å². The maximum Gasteiger partial charge on any atom is 0.121 e. The van der Waals surface area contributed by atoms with Gasteiger partial charge in [-0.1, -0.05) is 54.6 Å². The van der Waals surface area contributed by atoms with E-state index in [9.17, 15) is 10.2 Å². The highest BCUT2D eigenvalue weighted by Gasteiger charge is 2.24. The first-order chi connectivity index (χ1) is 10.7. The van der Waals surface area contributed by atoms with Gasteiger partial charge in [0.2, 0.25) is 0 Å². The fourth-order valence-corrected chi connectivity index (χ4v) is 2.76. The van der Waals surface area contributed by atoms with Crippen molar-refractivity contribution in [3.8, 4) is 11.5 Å². The van der Waals surface area contributed by atoms with Crippen molar-refractivity contribution < 1.29 is 10.2 Å². The van der Waals surface area contributed by atoms with Crippen LogP contribution in [0.4, 0.5) is 5.69 Å². The van der Waals surface area contributed by atoms with Crippen LogP contribution in [0, 0.1) is 0 Å². The Bertz CT molecular complexity index is 764. The minimum absolute atomic E-state index is 0.122. The van der Waals surface area contributed by atoms with E-state index < -0.39 is 0 Å². The van der Waals surface area contributed by atoms with Gasteiger partial charge in [-0.25, -0.2) is 0 Å². The minimum Gasteiger partial charge on any atom is -0.508 e. The first kappa shape index (κ1) is 14.0. The molecule has 22 heavy (non-hydrogen) atoms. The van der Waals surface area contributed by atoms with Gasteiger partial charge in [0.05, 0.1) is 0 Å². The topological polar surface area (TPSA) is 66.5 Å². The molecule has 0 aliphatic heterocycles. The summed E-state index contributed by atoms with van der Waals surface area (Å²) in [5.74, 6) is -0.0280. The van der Waals surface area contributed by atoms with E-state index in [1.165, 1.54) is 0 Å². The van der Waals surface area contributed by atoms with Gasteiger partial charge in [0, 0.05) is 22.7 Å². The molecule has 0 spiro atoms. The van der Waals surface area contributed by atoms with E-state index in [1.54, 1.807) is 30.3 Å². The smallest absolute Gasteiger partial charge is 0.121 e. The van der Waals surface area contributed by atoms with Crippen molar-refractivity contribution in [1.82, 2.24) is 0 Å². The summed E-state index contributed by atoms with van der Waals surface area (Å²) < 4.78 is 0. The molecule has 0 amide bonds. The fourth-order valence-electron chi connectivity index (χ4n) is 2.76. The fraction of sp³-hybridized carbons (Fsp3) is 0.0526. The molecular weight excluding hydrogens is 274 g/mol. The molecule has 1 atom stereocenters. The Morgan fingerprint density at radius 1 is 0.682 bits per heavy atom. The van der Waals surface area contributed by atoms with Crippen molar-refractivity contribution in [2.75, 3.05) is 5.73 Å². The van der Waals surface area contributed by atoms with E-state index in [0.717, 1.165) is 5.56 Å². The molecule has 0 saturated heterocycles. The number of hydrogen-bond donors (Lipinski definition) is 3. The molecule has 0 heterocycles. The molecule has 1 unspecified atom stereocenters. The minimum atomic E-state index is -0.330. The van der Waals surface area contributed by atoms with Crippen LogP contribution in [0.25, 0.3) is 0 Å².